The summed E-state index contributed by atoms with van der Waals surface area (Å²) >= 11 is 0. The maximum atomic E-state index is 14.6. The Bertz CT molecular complexity index is 791. The van der Waals surface area contributed by atoms with E-state index in [0.29, 0.717) is 18.9 Å². The molecule has 0 bridgehead atoms. The van der Waals surface area contributed by atoms with Gasteiger partial charge in [-0.15, -0.1) is 0 Å². The number of ether oxygens (including phenoxy) is 1. The molecule has 0 N–H and O–H groups in total. The van der Waals surface area contributed by atoms with Crippen molar-refractivity contribution >= 4 is 0 Å². The lowest BCUT2D eigenvalue weighted by Crippen LogP contribution is -2.24. The molecule has 0 saturated heterocycles. The number of alkyl halides is 2. The standard InChI is InChI=1S/C21H21F7O.C2H6/c1-13(23)7-18(10-17(25)12-22)29-21(27,28)19-11-16(24)8-15(9-20(19)26)14-5-3-2-4-6-14;1-2/h7-10,12,14H,2-6,11H2,1H3;1-2H3/b13-7+,17-12-,18-10+;. The number of halogens is 7. The summed E-state index contributed by atoms with van der Waals surface area (Å²) in [5.41, 5.74) is -1.04. The molecule has 8 heteroatoms. The first-order chi connectivity index (χ1) is 14.6. The van der Waals surface area contributed by atoms with Gasteiger partial charge in [-0.05, 0) is 43.4 Å². The average Bonchev–Trinajstić information content (AvgIpc) is 2.87. The predicted molar refractivity (Wildman–Crippen MR) is 107 cm³/mol. The summed E-state index contributed by atoms with van der Waals surface area (Å²) in [7, 11) is 0. The van der Waals surface area contributed by atoms with Crippen LogP contribution in [0.15, 0.2) is 70.8 Å². The molecule has 2 rings (SSSR count). The molecule has 2 aliphatic rings. The van der Waals surface area contributed by atoms with E-state index in [1.165, 1.54) is 0 Å². The zero-order valence-corrected chi connectivity index (χ0v) is 17.8. The van der Waals surface area contributed by atoms with Crippen molar-refractivity contribution in [3.05, 3.63) is 70.8 Å². The summed E-state index contributed by atoms with van der Waals surface area (Å²) in [5.74, 6) is -6.24. The largest absolute Gasteiger partial charge is 0.429 e. The molecule has 0 radical (unpaired) electrons. The van der Waals surface area contributed by atoms with Gasteiger partial charge in [-0.3, -0.25) is 0 Å². The van der Waals surface area contributed by atoms with Crippen LogP contribution < -0.4 is 0 Å². The van der Waals surface area contributed by atoms with Crippen LogP contribution in [0.25, 0.3) is 0 Å². The van der Waals surface area contributed by atoms with E-state index >= 15 is 0 Å². The summed E-state index contributed by atoms with van der Waals surface area (Å²) in [6, 6.07) is 0. The van der Waals surface area contributed by atoms with Crippen molar-refractivity contribution in [2.45, 2.75) is 65.4 Å². The summed E-state index contributed by atoms with van der Waals surface area (Å²) in [5, 5.41) is 0. The molecule has 0 atom stereocenters. The van der Waals surface area contributed by atoms with Gasteiger partial charge in [0.15, 0.2) is 5.83 Å². The SMILES string of the molecule is CC.C\C(F)=C/C(=C\C(F)=C\F)OC(F)(F)C1=C(F)C=C(C2CCCCC2)C=C(F)C1. The molecule has 31 heavy (non-hydrogen) atoms. The number of hydrogen-bond acceptors (Lipinski definition) is 1. The lowest BCUT2D eigenvalue weighted by molar-refractivity contribution is -0.181. The monoisotopic (exact) mass is 452 g/mol. The Labute approximate surface area is 178 Å². The van der Waals surface area contributed by atoms with E-state index in [1.54, 1.807) is 0 Å². The lowest BCUT2D eigenvalue weighted by atomic mass is 9.83. The summed E-state index contributed by atoms with van der Waals surface area (Å²) in [6.07, 6.45) is 0.577. The summed E-state index contributed by atoms with van der Waals surface area (Å²) < 4.78 is 101. The topological polar surface area (TPSA) is 9.23 Å². The zero-order valence-electron chi connectivity index (χ0n) is 17.8. The minimum absolute atomic E-state index is 0.134. The van der Waals surface area contributed by atoms with Crippen LogP contribution in [0.5, 0.6) is 0 Å². The van der Waals surface area contributed by atoms with Crippen molar-refractivity contribution in [2.75, 3.05) is 0 Å². The average molecular weight is 452 g/mol. The van der Waals surface area contributed by atoms with Crippen molar-refractivity contribution in [3.8, 4) is 0 Å². The summed E-state index contributed by atoms with van der Waals surface area (Å²) in [6.45, 7) is 4.86. The molecule has 1 nitrogen and oxygen atoms in total. The Morgan fingerprint density at radius 2 is 1.65 bits per heavy atom. The van der Waals surface area contributed by atoms with Crippen LogP contribution in [0.2, 0.25) is 0 Å². The van der Waals surface area contributed by atoms with Gasteiger partial charge in [-0.1, -0.05) is 33.1 Å². The Hall–Kier alpha value is -2.25. The predicted octanol–water partition coefficient (Wildman–Crippen LogP) is 9.15. The molecule has 0 aromatic heterocycles. The second-order valence-electron chi connectivity index (χ2n) is 6.96. The van der Waals surface area contributed by atoms with Crippen molar-refractivity contribution in [1.82, 2.24) is 0 Å². The van der Waals surface area contributed by atoms with Crippen LogP contribution in [0.3, 0.4) is 0 Å². The molecule has 0 heterocycles. The fourth-order valence-electron chi connectivity index (χ4n) is 3.35. The van der Waals surface area contributed by atoms with Crippen molar-refractivity contribution in [1.29, 1.82) is 0 Å². The minimum Gasteiger partial charge on any atom is -0.429 e. The third kappa shape index (κ3) is 8.42. The van der Waals surface area contributed by atoms with E-state index in [1.807, 2.05) is 13.8 Å². The van der Waals surface area contributed by atoms with Gasteiger partial charge in [0.1, 0.15) is 29.6 Å². The van der Waals surface area contributed by atoms with Gasteiger partial charge in [0, 0.05) is 18.6 Å². The van der Waals surface area contributed by atoms with E-state index < -0.39 is 53.5 Å². The Kier molecular flexibility index (Phi) is 10.9. The van der Waals surface area contributed by atoms with Gasteiger partial charge >= 0.3 is 6.11 Å². The Morgan fingerprint density at radius 3 is 2.19 bits per heavy atom. The second kappa shape index (κ2) is 12.6. The normalized spacial score (nSPS) is 19.9. The van der Waals surface area contributed by atoms with Crippen molar-refractivity contribution in [3.63, 3.8) is 0 Å². The molecule has 0 unspecified atom stereocenters. The van der Waals surface area contributed by atoms with E-state index in [2.05, 4.69) is 4.74 Å². The van der Waals surface area contributed by atoms with E-state index in [4.69, 9.17) is 0 Å². The van der Waals surface area contributed by atoms with Crippen LogP contribution in [0.4, 0.5) is 30.7 Å². The third-order valence-corrected chi connectivity index (χ3v) is 4.65. The van der Waals surface area contributed by atoms with Crippen molar-refractivity contribution < 1.29 is 35.5 Å². The van der Waals surface area contributed by atoms with E-state index in [0.717, 1.165) is 38.3 Å². The van der Waals surface area contributed by atoms with E-state index in [9.17, 15) is 30.7 Å². The van der Waals surface area contributed by atoms with Gasteiger partial charge in [0.2, 0.25) is 0 Å². The lowest BCUT2D eigenvalue weighted by Gasteiger charge is -2.22. The van der Waals surface area contributed by atoms with Crippen LogP contribution in [-0.4, -0.2) is 6.11 Å². The Balaban J connectivity index is 0.00000233. The van der Waals surface area contributed by atoms with Crippen LogP contribution in [-0.2, 0) is 4.74 Å². The molecule has 174 valence electrons. The number of rotatable bonds is 6. The highest BCUT2D eigenvalue weighted by Gasteiger charge is 2.41. The van der Waals surface area contributed by atoms with Gasteiger partial charge in [0.25, 0.3) is 0 Å². The van der Waals surface area contributed by atoms with Gasteiger partial charge in [0.05, 0.1) is 5.57 Å². The molecule has 2 aliphatic carbocycles. The summed E-state index contributed by atoms with van der Waals surface area (Å²) in [4.78, 5) is 0. The van der Waals surface area contributed by atoms with Gasteiger partial charge < -0.3 is 4.74 Å². The first kappa shape index (κ1) is 26.8. The van der Waals surface area contributed by atoms with Crippen LogP contribution in [0, 0.1) is 5.92 Å². The molecule has 0 spiro atoms. The second-order valence-corrected chi connectivity index (χ2v) is 6.96. The quantitative estimate of drug-likeness (QED) is 0.222. The molecule has 0 aliphatic heterocycles. The smallest absolute Gasteiger partial charge is 0.426 e. The molecular weight excluding hydrogens is 425 g/mol. The maximum absolute atomic E-state index is 14.6. The fourth-order valence-corrected chi connectivity index (χ4v) is 3.35. The minimum atomic E-state index is -4.43. The first-order valence-corrected chi connectivity index (χ1v) is 10.2. The Morgan fingerprint density at radius 1 is 1.03 bits per heavy atom. The highest BCUT2D eigenvalue weighted by atomic mass is 19.3. The third-order valence-electron chi connectivity index (χ3n) is 4.65. The van der Waals surface area contributed by atoms with Crippen LogP contribution >= 0.6 is 0 Å². The van der Waals surface area contributed by atoms with Crippen LogP contribution in [0.1, 0.15) is 59.3 Å². The molecule has 1 fully saturated rings. The highest BCUT2D eigenvalue weighted by molar-refractivity contribution is 5.40. The molecule has 1 saturated carbocycles. The fraction of sp³-hybridized carbons (Fsp3) is 0.478. The van der Waals surface area contributed by atoms with Gasteiger partial charge in [-0.2, -0.15) is 8.78 Å². The highest BCUT2D eigenvalue weighted by Crippen LogP contribution is 2.41. The molecular formula is C23H27F7O. The zero-order chi connectivity index (χ0) is 23.6. The van der Waals surface area contributed by atoms with Gasteiger partial charge in [-0.25, -0.2) is 22.0 Å². The maximum Gasteiger partial charge on any atom is 0.426 e. The van der Waals surface area contributed by atoms with Crippen molar-refractivity contribution in [2.24, 2.45) is 5.92 Å². The first-order valence-electron chi connectivity index (χ1n) is 10.2. The number of allylic oxidation sites excluding steroid dienone is 9. The molecule has 0 amide bonds. The van der Waals surface area contributed by atoms with E-state index in [-0.39, 0.29) is 17.6 Å². The molecule has 0 aromatic carbocycles. The number of hydrogen-bond donors (Lipinski definition) is 0. The molecule has 0 aromatic rings.